The first-order valence-electron chi connectivity index (χ1n) is 17.9. The summed E-state index contributed by atoms with van der Waals surface area (Å²) in [5.74, 6) is 0. The Bertz CT molecular complexity index is 3280. The molecule has 0 aliphatic heterocycles. The van der Waals surface area contributed by atoms with Crippen molar-refractivity contribution in [1.29, 1.82) is 5.26 Å². The van der Waals surface area contributed by atoms with Crippen LogP contribution in [0.15, 0.2) is 182 Å². The molecule has 4 nitrogen and oxygen atoms in total. The summed E-state index contributed by atoms with van der Waals surface area (Å²) in [6.07, 6.45) is 0. The van der Waals surface area contributed by atoms with Crippen molar-refractivity contribution in [1.82, 2.24) is 13.7 Å². The van der Waals surface area contributed by atoms with E-state index in [1.54, 1.807) is 0 Å². The first kappa shape index (κ1) is 29.4. The van der Waals surface area contributed by atoms with Crippen LogP contribution in [0.2, 0.25) is 0 Å². The second-order valence-electron chi connectivity index (χ2n) is 13.7. The lowest BCUT2D eigenvalue weighted by Crippen LogP contribution is -1.98. The number of benzene rings is 8. The quantitative estimate of drug-likeness (QED) is 0.183. The van der Waals surface area contributed by atoms with Gasteiger partial charge in [-0.15, -0.1) is 0 Å². The van der Waals surface area contributed by atoms with Crippen molar-refractivity contribution in [2.45, 2.75) is 0 Å². The number of para-hydroxylation sites is 5. The number of fused-ring (bicyclic) bond motifs is 10. The molecule has 8 aromatic carbocycles. The zero-order chi connectivity index (χ0) is 35.0. The van der Waals surface area contributed by atoms with E-state index in [1.807, 2.05) is 12.1 Å². The summed E-state index contributed by atoms with van der Waals surface area (Å²) in [5, 5.41) is 17.3. The first-order valence-corrected chi connectivity index (χ1v) is 17.9. The summed E-state index contributed by atoms with van der Waals surface area (Å²) < 4.78 is 7.09. The number of nitriles is 1. The van der Waals surface area contributed by atoms with Crippen LogP contribution < -0.4 is 0 Å². The van der Waals surface area contributed by atoms with Crippen LogP contribution >= 0.6 is 0 Å². The van der Waals surface area contributed by atoms with Crippen molar-refractivity contribution in [2.24, 2.45) is 0 Å². The third-order valence-corrected chi connectivity index (χ3v) is 10.9. The standard InChI is InChI=1S/C49H30N4/c50-31-32-23-25-39-47(29-32)53(46-28-27-45-48(49(39)46)38-19-9-12-22-43(38)52(45)35-15-5-2-6-16-35)41-20-10-7-17-36(41)33-24-26-44-40(30-33)37-18-8-11-21-42(37)51(44)34-13-3-1-4-14-34/h1-30H. The van der Waals surface area contributed by atoms with Gasteiger partial charge in [0.25, 0.3) is 0 Å². The highest BCUT2D eigenvalue weighted by molar-refractivity contribution is 6.29. The number of nitrogens with zero attached hydrogens (tertiary/aromatic N) is 4. The molecule has 11 rings (SSSR count). The monoisotopic (exact) mass is 674 g/mol. The highest BCUT2D eigenvalue weighted by Crippen LogP contribution is 2.44. The fourth-order valence-electron chi connectivity index (χ4n) is 8.66. The van der Waals surface area contributed by atoms with Crippen LogP contribution in [-0.4, -0.2) is 13.7 Å². The van der Waals surface area contributed by atoms with Crippen molar-refractivity contribution in [3.63, 3.8) is 0 Å². The third-order valence-electron chi connectivity index (χ3n) is 10.9. The molecular weight excluding hydrogens is 645 g/mol. The summed E-state index contributed by atoms with van der Waals surface area (Å²) >= 11 is 0. The van der Waals surface area contributed by atoms with Crippen molar-refractivity contribution in [3.05, 3.63) is 188 Å². The maximum Gasteiger partial charge on any atom is 0.0992 e. The number of hydrogen-bond acceptors (Lipinski definition) is 1. The van der Waals surface area contributed by atoms with Crippen LogP contribution in [0.1, 0.15) is 5.56 Å². The van der Waals surface area contributed by atoms with Gasteiger partial charge in [0.1, 0.15) is 0 Å². The van der Waals surface area contributed by atoms with E-state index < -0.39 is 0 Å². The fraction of sp³-hybridized carbons (Fsp3) is 0. The van der Waals surface area contributed by atoms with Crippen LogP contribution in [0.25, 0.3) is 93.6 Å². The molecule has 0 unspecified atom stereocenters. The predicted octanol–water partition coefficient (Wildman–Crippen LogP) is 12.5. The predicted molar refractivity (Wildman–Crippen MR) is 220 cm³/mol. The molecule has 0 saturated heterocycles. The van der Waals surface area contributed by atoms with Gasteiger partial charge >= 0.3 is 0 Å². The van der Waals surface area contributed by atoms with Gasteiger partial charge in [-0.05, 0) is 84.4 Å². The molecule has 0 radical (unpaired) electrons. The van der Waals surface area contributed by atoms with Gasteiger partial charge in [-0.25, -0.2) is 0 Å². The number of hydrogen-bond donors (Lipinski definition) is 0. The van der Waals surface area contributed by atoms with E-state index in [-0.39, 0.29) is 0 Å². The lowest BCUT2D eigenvalue weighted by Gasteiger charge is -2.15. The molecule has 0 aliphatic rings. The lowest BCUT2D eigenvalue weighted by molar-refractivity contribution is 1.17. The SMILES string of the molecule is N#Cc1ccc2c3c4c5ccccc5n(-c5ccccc5)c4ccc3n(-c3ccccc3-c3ccc4c(c3)c3ccccc3n4-c3ccccc3)c2c1. The lowest BCUT2D eigenvalue weighted by atomic mass is 10.0. The highest BCUT2D eigenvalue weighted by Gasteiger charge is 2.22. The van der Waals surface area contributed by atoms with E-state index in [1.165, 1.54) is 43.5 Å². The molecule has 246 valence electrons. The minimum atomic E-state index is 0.636. The van der Waals surface area contributed by atoms with Crippen LogP contribution in [0, 0.1) is 11.3 Å². The third kappa shape index (κ3) is 4.22. The zero-order valence-corrected chi connectivity index (χ0v) is 28.6. The average Bonchev–Trinajstić information content (AvgIpc) is 3.86. The zero-order valence-electron chi connectivity index (χ0n) is 28.6. The number of aromatic nitrogens is 3. The van der Waals surface area contributed by atoms with Gasteiger partial charge in [0.2, 0.25) is 0 Å². The van der Waals surface area contributed by atoms with Crippen LogP contribution in [0.3, 0.4) is 0 Å². The van der Waals surface area contributed by atoms with Gasteiger partial charge in [0.15, 0.2) is 0 Å². The Balaban J connectivity index is 1.22. The van der Waals surface area contributed by atoms with Crippen LogP contribution in [-0.2, 0) is 0 Å². The second-order valence-corrected chi connectivity index (χ2v) is 13.7. The molecule has 0 spiro atoms. The molecule has 3 aromatic heterocycles. The molecule has 0 aliphatic carbocycles. The molecule has 0 saturated carbocycles. The molecule has 0 fully saturated rings. The molecule has 53 heavy (non-hydrogen) atoms. The average molecular weight is 675 g/mol. The molecule has 0 bridgehead atoms. The van der Waals surface area contributed by atoms with E-state index in [0.717, 1.165) is 50.1 Å². The van der Waals surface area contributed by atoms with Gasteiger partial charge in [0.05, 0.1) is 50.4 Å². The largest absolute Gasteiger partial charge is 0.309 e. The van der Waals surface area contributed by atoms with E-state index in [2.05, 4.69) is 190 Å². The molecule has 3 heterocycles. The normalized spacial score (nSPS) is 11.8. The maximum absolute atomic E-state index is 10.1. The van der Waals surface area contributed by atoms with Crippen molar-refractivity contribution >= 4 is 65.4 Å². The van der Waals surface area contributed by atoms with Gasteiger partial charge in [0, 0.05) is 49.3 Å². The Labute approximate surface area is 305 Å². The number of rotatable bonds is 4. The summed E-state index contributed by atoms with van der Waals surface area (Å²) in [7, 11) is 0. The van der Waals surface area contributed by atoms with Gasteiger partial charge in [-0.3, -0.25) is 0 Å². The molecular formula is C49H30N4. The Morgan fingerprint density at radius 1 is 0.358 bits per heavy atom. The van der Waals surface area contributed by atoms with Crippen molar-refractivity contribution in [3.8, 4) is 34.3 Å². The minimum Gasteiger partial charge on any atom is -0.309 e. The summed E-state index contributed by atoms with van der Waals surface area (Å²) in [6, 6.07) is 67.1. The molecule has 0 amide bonds. The van der Waals surface area contributed by atoms with E-state index in [0.29, 0.717) is 5.56 Å². The Morgan fingerprint density at radius 3 is 1.60 bits per heavy atom. The van der Waals surface area contributed by atoms with Crippen molar-refractivity contribution in [2.75, 3.05) is 0 Å². The smallest absolute Gasteiger partial charge is 0.0992 e. The van der Waals surface area contributed by atoms with Crippen LogP contribution in [0.5, 0.6) is 0 Å². The Hall–Kier alpha value is -7.35. The van der Waals surface area contributed by atoms with Crippen LogP contribution in [0.4, 0.5) is 0 Å². The van der Waals surface area contributed by atoms with E-state index >= 15 is 0 Å². The van der Waals surface area contributed by atoms with E-state index in [4.69, 9.17) is 0 Å². The van der Waals surface area contributed by atoms with Gasteiger partial charge in [-0.2, -0.15) is 5.26 Å². The Kier molecular flexibility index (Phi) is 6.28. The highest BCUT2D eigenvalue weighted by atomic mass is 15.0. The van der Waals surface area contributed by atoms with Crippen molar-refractivity contribution < 1.29 is 0 Å². The Morgan fingerprint density at radius 2 is 0.887 bits per heavy atom. The summed E-state index contributed by atoms with van der Waals surface area (Å²) in [4.78, 5) is 0. The molecule has 0 N–H and O–H groups in total. The topological polar surface area (TPSA) is 38.6 Å². The summed E-state index contributed by atoms with van der Waals surface area (Å²) in [6.45, 7) is 0. The molecule has 0 atom stereocenters. The minimum absolute atomic E-state index is 0.636. The first-order chi connectivity index (χ1) is 26.3. The second kappa shape index (κ2) is 11.3. The molecule has 11 aromatic rings. The van der Waals surface area contributed by atoms with Gasteiger partial charge < -0.3 is 13.7 Å². The van der Waals surface area contributed by atoms with Gasteiger partial charge in [-0.1, -0.05) is 103 Å². The fourth-order valence-corrected chi connectivity index (χ4v) is 8.66. The maximum atomic E-state index is 10.1. The van der Waals surface area contributed by atoms with E-state index in [9.17, 15) is 5.26 Å². The molecule has 4 heteroatoms. The summed E-state index contributed by atoms with van der Waals surface area (Å²) in [5.41, 5.74) is 13.0.